The molecule has 8 aliphatic rings. The molecule has 8 fully saturated rings. The van der Waals surface area contributed by atoms with Crippen LogP contribution in [0.4, 0.5) is 0 Å². The summed E-state index contributed by atoms with van der Waals surface area (Å²) >= 11 is 0. The van der Waals surface area contributed by atoms with Gasteiger partial charge in [-0.15, -0.1) is 0 Å². The molecule has 0 spiro atoms. The van der Waals surface area contributed by atoms with Crippen molar-refractivity contribution >= 4 is 24.9 Å². The molecule has 70 heavy (non-hydrogen) atoms. The van der Waals surface area contributed by atoms with Crippen molar-refractivity contribution in [1.29, 1.82) is 0 Å². The number of aromatic carboxylic acids is 2. The minimum atomic E-state index is -0.909. The molecule has 8 nitrogen and oxygen atoms in total. The topological polar surface area (TPSA) is 127 Å². The number of carbonyl (C=O) groups is 4. The lowest BCUT2D eigenvalue weighted by Crippen LogP contribution is -2.67. The maximum absolute atomic E-state index is 11.7. The van der Waals surface area contributed by atoms with Gasteiger partial charge in [0.25, 0.3) is 12.9 Å². The van der Waals surface area contributed by atoms with Crippen molar-refractivity contribution < 1.29 is 38.9 Å². The number of benzene rings is 4. The average molecular weight is 945 g/mol. The van der Waals surface area contributed by atoms with Gasteiger partial charge in [0, 0.05) is 0 Å². The van der Waals surface area contributed by atoms with Crippen molar-refractivity contribution in [3.63, 3.8) is 0 Å². The molecule has 4 aromatic rings. The quantitative estimate of drug-likeness (QED) is 0.120. The van der Waals surface area contributed by atoms with E-state index in [9.17, 15) is 29.4 Å². The normalized spacial score (nSPS) is 35.9. The molecule has 0 aliphatic heterocycles. The van der Waals surface area contributed by atoms with Crippen LogP contribution >= 0.6 is 0 Å². The summed E-state index contributed by atoms with van der Waals surface area (Å²) in [5.41, 5.74) is 8.36. The first kappa shape index (κ1) is 47.1. The van der Waals surface area contributed by atoms with Crippen molar-refractivity contribution in [2.75, 3.05) is 0 Å². The highest BCUT2D eigenvalue weighted by Gasteiger charge is 2.71. The Kier molecular flexibility index (Phi) is 12.8. The van der Waals surface area contributed by atoms with Gasteiger partial charge in [-0.05, 0) is 256 Å². The predicted molar refractivity (Wildman–Crippen MR) is 270 cm³/mol. The lowest BCUT2D eigenvalue weighted by molar-refractivity contribution is -0.195. The number of hydrogen-bond donors (Lipinski definition) is 2. The molecular weight excluding hydrogens is 873 g/mol. The van der Waals surface area contributed by atoms with Gasteiger partial charge in [0.15, 0.2) is 0 Å². The van der Waals surface area contributed by atoms with Crippen LogP contribution in [0.1, 0.15) is 173 Å². The van der Waals surface area contributed by atoms with Crippen LogP contribution in [0.2, 0.25) is 0 Å². The van der Waals surface area contributed by atoms with Crippen LogP contribution in [-0.2, 0) is 29.9 Å². The largest absolute Gasteiger partial charge is 0.478 e. The summed E-state index contributed by atoms with van der Waals surface area (Å²) in [7, 11) is 0. The molecule has 368 valence electrons. The SMILES string of the molecule is O=COC1CCC(C2CCC(C34CC5(c6ccc(-c7ccc(C(=O)O)cc7)cc6)CC(c6ccc(-c7ccc(C(=O)O)cc7)cc6)(C3)CC(C3CCC(C6CCC(OC=O)CC6)CC3)(C5)C4)CC2)CC1. The van der Waals surface area contributed by atoms with Crippen molar-refractivity contribution in [3.8, 4) is 22.3 Å². The Hall–Kier alpha value is -5.24. The third kappa shape index (κ3) is 8.82. The number of carboxylic acid groups (broad SMARTS) is 2. The number of carboxylic acids is 2. The van der Waals surface area contributed by atoms with Gasteiger partial charge in [0.2, 0.25) is 0 Å². The Bertz CT molecular complexity index is 2310. The van der Waals surface area contributed by atoms with Gasteiger partial charge < -0.3 is 19.7 Å². The smallest absolute Gasteiger partial charge is 0.335 e. The van der Waals surface area contributed by atoms with E-state index in [0.717, 1.165) is 78.0 Å². The van der Waals surface area contributed by atoms with Gasteiger partial charge >= 0.3 is 11.9 Å². The van der Waals surface area contributed by atoms with E-state index < -0.39 is 11.9 Å². The maximum Gasteiger partial charge on any atom is 0.335 e. The first-order valence-corrected chi connectivity index (χ1v) is 27.1. The van der Waals surface area contributed by atoms with E-state index in [1.165, 1.54) is 120 Å². The monoisotopic (exact) mass is 945 g/mol. The fourth-order valence-electron chi connectivity index (χ4n) is 17.9. The van der Waals surface area contributed by atoms with Gasteiger partial charge in [-0.2, -0.15) is 0 Å². The van der Waals surface area contributed by atoms with E-state index in [1.54, 1.807) is 24.3 Å². The second kappa shape index (κ2) is 19.1. The van der Waals surface area contributed by atoms with E-state index in [1.807, 2.05) is 24.3 Å². The van der Waals surface area contributed by atoms with E-state index in [4.69, 9.17) is 9.47 Å². The first-order chi connectivity index (χ1) is 34.0. The van der Waals surface area contributed by atoms with Crippen molar-refractivity contribution in [2.45, 2.75) is 164 Å². The lowest BCUT2D eigenvalue weighted by Gasteiger charge is -2.74. The summed E-state index contributed by atoms with van der Waals surface area (Å²) in [6.07, 6.45) is 26.8. The molecule has 0 heterocycles. The van der Waals surface area contributed by atoms with Crippen LogP contribution in [0, 0.1) is 46.3 Å². The fourth-order valence-corrected chi connectivity index (χ4v) is 17.9. The van der Waals surface area contributed by atoms with Crippen molar-refractivity contribution in [3.05, 3.63) is 119 Å². The molecule has 4 aromatic carbocycles. The second-order valence-corrected chi connectivity index (χ2v) is 24.0. The molecule has 0 aromatic heterocycles. The minimum absolute atomic E-state index is 0.0212. The molecular formula is C62H72O8. The Morgan fingerprint density at radius 3 is 0.957 bits per heavy atom. The Morgan fingerprint density at radius 1 is 0.386 bits per heavy atom. The number of carbonyl (C=O) groups excluding carboxylic acids is 2. The molecule has 0 atom stereocenters. The lowest BCUT2D eigenvalue weighted by atomic mass is 9.29. The van der Waals surface area contributed by atoms with Gasteiger partial charge in [0.1, 0.15) is 12.2 Å². The molecule has 0 saturated heterocycles. The Morgan fingerprint density at radius 2 is 0.671 bits per heavy atom. The van der Waals surface area contributed by atoms with Crippen LogP contribution in [-0.4, -0.2) is 47.3 Å². The third-order valence-electron chi connectivity index (χ3n) is 20.6. The molecule has 0 unspecified atom stereocenters. The molecule has 0 radical (unpaired) electrons. The van der Waals surface area contributed by atoms with Crippen LogP contribution in [0.3, 0.4) is 0 Å². The van der Waals surface area contributed by atoms with E-state index in [0.29, 0.717) is 35.9 Å². The Labute approximate surface area is 414 Å². The summed E-state index contributed by atoms with van der Waals surface area (Å²) in [5.74, 6) is 2.50. The molecule has 8 aliphatic carbocycles. The highest BCUT2D eigenvalue weighted by Crippen LogP contribution is 2.79. The average Bonchev–Trinajstić information content (AvgIpc) is 3.39. The van der Waals surface area contributed by atoms with E-state index >= 15 is 0 Å². The number of rotatable bonds is 14. The summed E-state index contributed by atoms with van der Waals surface area (Å²) in [4.78, 5) is 45.7. The number of hydrogen-bond acceptors (Lipinski definition) is 6. The van der Waals surface area contributed by atoms with Crippen LogP contribution in [0.5, 0.6) is 0 Å². The molecule has 8 heteroatoms. The predicted octanol–water partition coefficient (Wildman–Crippen LogP) is 14.0. The van der Waals surface area contributed by atoms with Crippen LogP contribution in [0.15, 0.2) is 97.1 Å². The van der Waals surface area contributed by atoms with E-state index in [-0.39, 0.29) is 33.9 Å². The van der Waals surface area contributed by atoms with Gasteiger partial charge in [-0.3, -0.25) is 9.59 Å². The molecule has 2 N–H and O–H groups in total. The third-order valence-corrected chi connectivity index (χ3v) is 20.6. The standard InChI is InChI=1S/C62H72O8/c63-39-69-55-29-17-47(18-30-55)45-13-25-53(26-14-45)61-34-59(51-21-9-43(10-22-51)41-1-5-49(6-2-41)57(65)66)33-60(36-61,52-23-11-44(12-24-52)42-3-7-50(8-4-42)58(67)68)37-62(35-59,38-61)54-27-15-46(16-28-54)48-19-31-56(32-20-48)70-40-64/h1-12,21-24,39-40,45-48,53-56H,13-20,25-38H2,(H,65,66)(H,67,68). The summed E-state index contributed by atoms with van der Waals surface area (Å²) in [6, 6.07) is 33.6. The zero-order valence-corrected chi connectivity index (χ0v) is 40.9. The van der Waals surface area contributed by atoms with Crippen LogP contribution in [0.25, 0.3) is 22.3 Å². The van der Waals surface area contributed by atoms with Crippen molar-refractivity contribution in [1.82, 2.24) is 0 Å². The number of ether oxygens (including phenoxy) is 2. The zero-order valence-electron chi connectivity index (χ0n) is 40.9. The zero-order chi connectivity index (χ0) is 48.1. The second-order valence-electron chi connectivity index (χ2n) is 24.0. The highest BCUT2D eigenvalue weighted by atomic mass is 16.5. The summed E-state index contributed by atoms with van der Waals surface area (Å²) in [5, 5.41) is 19.2. The summed E-state index contributed by atoms with van der Waals surface area (Å²) < 4.78 is 10.8. The van der Waals surface area contributed by atoms with E-state index in [2.05, 4.69) is 48.5 Å². The van der Waals surface area contributed by atoms with Gasteiger partial charge in [0.05, 0.1) is 11.1 Å². The summed E-state index contributed by atoms with van der Waals surface area (Å²) in [6.45, 7) is 1.29. The van der Waals surface area contributed by atoms with Crippen molar-refractivity contribution in [2.24, 2.45) is 46.3 Å². The minimum Gasteiger partial charge on any atom is -0.478 e. The first-order valence-electron chi connectivity index (χ1n) is 27.1. The molecule has 8 saturated carbocycles. The van der Waals surface area contributed by atoms with Gasteiger partial charge in [-0.1, -0.05) is 72.8 Å². The fraction of sp³-hybridized carbons (Fsp3) is 0.548. The molecule has 0 amide bonds. The highest BCUT2D eigenvalue weighted by molar-refractivity contribution is 5.89. The maximum atomic E-state index is 11.7. The molecule has 12 rings (SSSR count). The van der Waals surface area contributed by atoms with Crippen LogP contribution < -0.4 is 0 Å². The van der Waals surface area contributed by atoms with Gasteiger partial charge in [-0.25, -0.2) is 9.59 Å². The Balaban J connectivity index is 0.952. The molecule has 4 bridgehead atoms.